The lowest BCUT2D eigenvalue weighted by atomic mass is 10.2. The van der Waals surface area contributed by atoms with Crippen molar-refractivity contribution < 1.29 is 0 Å². The van der Waals surface area contributed by atoms with E-state index in [9.17, 15) is 0 Å². The van der Waals surface area contributed by atoms with Gasteiger partial charge in [0.05, 0.1) is 18.1 Å². The van der Waals surface area contributed by atoms with Gasteiger partial charge < -0.3 is 0 Å². The highest BCUT2D eigenvalue weighted by atomic mass is 15.3. The zero-order valence-corrected chi connectivity index (χ0v) is 7.96. The standard InChI is InChI=1S/C11H11N3/c1-10-8-14(9-12-10)13-7-11-5-3-2-4-6-11/h2-9H,1H3. The van der Waals surface area contributed by atoms with Crippen LogP contribution in [0.2, 0.25) is 0 Å². The Hall–Kier alpha value is -1.90. The maximum absolute atomic E-state index is 4.23. The fraction of sp³-hybridized carbons (Fsp3) is 0.0909. The number of rotatable bonds is 2. The van der Waals surface area contributed by atoms with Gasteiger partial charge in [-0.05, 0) is 12.5 Å². The second-order valence-corrected chi connectivity index (χ2v) is 3.05. The molecule has 70 valence electrons. The third kappa shape index (κ3) is 2.07. The van der Waals surface area contributed by atoms with Crippen LogP contribution in [0.3, 0.4) is 0 Å². The Kier molecular flexibility index (Phi) is 2.40. The van der Waals surface area contributed by atoms with Gasteiger partial charge >= 0.3 is 0 Å². The highest BCUT2D eigenvalue weighted by Gasteiger charge is 1.88. The molecule has 0 atom stereocenters. The van der Waals surface area contributed by atoms with Crippen molar-refractivity contribution in [2.45, 2.75) is 6.92 Å². The smallest absolute Gasteiger partial charge is 0.117 e. The first-order chi connectivity index (χ1) is 6.84. The first kappa shape index (κ1) is 8.69. The molecule has 2 rings (SSSR count). The van der Waals surface area contributed by atoms with Gasteiger partial charge in [-0.1, -0.05) is 30.3 Å². The van der Waals surface area contributed by atoms with Gasteiger partial charge in [-0.15, -0.1) is 0 Å². The van der Waals surface area contributed by atoms with Crippen LogP contribution in [0.15, 0.2) is 48.0 Å². The van der Waals surface area contributed by atoms with Crippen LogP contribution in [0.4, 0.5) is 0 Å². The van der Waals surface area contributed by atoms with E-state index >= 15 is 0 Å². The highest BCUT2D eigenvalue weighted by molar-refractivity contribution is 5.79. The van der Waals surface area contributed by atoms with Crippen LogP contribution in [0.5, 0.6) is 0 Å². The summed E-state index contributed by atoms with van der Waals surface area (Å²) in [6.45, 7) is 1.94. The molecule has 3 heteroatoms. The molecule has 3 nitrogen and oxygen atoms in total. The molecule has 0 bridgehead atoms. The largest absolute Gasteiger partial charge is 0.240 e. The summed E-state index contributed by atoms with van der Waals surface area (Å²) in [5.41, 5.74) is 2.05. The number of aromatic nitrogens is 2. The fourth-order valence-corrected chi connectivity index (χ4v) is 1.14. The molecule has 0 fully saturated rings. The second-order valence-electron chi connectivity index (χ2n) is 3.05. The summed E-state index contributed by atoms with van der Waals surface area (Å²) in [6.07, 6.45) is 5.37. The highest BCUT2D eigenvalue weighted by Crippen LogP contribution is 1.96. The molecule has 2 aromatic rings. The Morgan fingerprint density at radius 1 is 1.29 bits per heavy atom. The summed E-state index contributed by atoms with van der Waals surface area (Å²) in [4.78, 5) is 4.08. The average molecular weight is 185 g/mol. The SMILES string of the molecule is Cc1cn(N=Cc2ccccc2)cn1. The molecular formula is C11H11N3. The van der Waals surface area contributed by atoms with Crippen molar-refractivity contribution in [2.75, 3.05) is 0 Å². The van der Waals surface area contributed by atoms with E-state index in [-0.39, 0.29) is 0 Å². The van der Waals surface area contributed by atoms with Crippen LogP contribution < -0.4 is 0 Å². The van der Waals surface area contributed by atoms with Crippen molar-refractivity contribution in [2.24, 2.45) is 5.10 Å². The Labute approximate surface area is 82.7 Å². The van der Waals surface area contributed by atoms with Gasteiger partial charge in [0.25, 0.3) is 0 Å². The van der Waals surface area contributed by atoms with Crippen molar-refractivity contribution in [3.05, 3.63) is 54.1 Å². The number of imidazole rings is 1. The van der Waals surface area contributed by atoms with E-state index in [0.29, 0.717) is 0 Å². The molecule has 1 heterocycles. The summed E-state index contributed by atoms with van der Waals surface area (Å²) < 4.78 is 1.70. The predicted octanol–water partition coefficient (Wildman–Crippen LogP) is 2.07. The lowest BCUT2D eigenvalue weighted by Gasteiger charge is -1.91. The van der Waals surface area contributed by atoms with Crippen molar-refractivity contribution >= 4 is 6.21 Å². The zero-order chi connectivity index (χ0) is 9.80. The summed E-state index contributed by atoms with van der Waals surface area (Å²) in [7, 11) is 0. The van der Waals surface area contributed by atoms with E-state index < -0.39 is 0 Å². The predicted molar refractivity (Wildman–Crippen MR) is 56.4 cm³/mol. The van der Waals surface area contributed by atoms with Gasteiger partial charge in [-0.25, -0.2) is 9.66 Å². The number of nitrogens with zero attached hydrogens (tertiary/aromatic N) is 3. The Bertz CT molecular complexity index is 429. The third-order valence-corrected chi connectivity index (χ3v) is 1.84. The van der Waals surface area contributed by atoms with E-state index in [1.807, 2.05) is 43.5 Å². The average Bonchev–Trinajstić information content (AvgIpc) is 2.63. The second kappa shape index (κ2) is 3.87. The third-order valence-electron chi connectivity index (χ3n) is 1.84. The van der Waals surface area contributed by atoms with E-state index in [2.05, 4.69) is 10.1 Å². The molecule has 0 saturated heterocycles. The molecule has 0 amide bonds. The first-order valence-corrected chi connectivity index (χ1v) is 4.44. The quantitative estimate of drug-likeness (QED) is 0.659. The molecule has 14 heavy (non-hydrogen) atoms. The molecule has 0 spiro atoms. The van der Waals surface area contributed by atoms with Crippen molar-refractivity contribution in [3.63, 3.8) is 0 Å². The van der Waals surface area contributed by atoms with E-state index in [1.54, 1.807) is 17.2 Å². The molecule has 0 aliphatic rings. The molecule has 1 aromatic carbocycles. The van der Waals surface area contributed by atoms with E-state index in [0.717, 1.165) is 11.3 Å². The van der Waals surface area contributed by atoms with Crippen molar-refractivity contribution in [1.82, 2.24) is 9.66 Å². The number of hydrogen-bond acceptors (Lipinski definition) is 2. The van der Waals surface area contributed by atoms with Gasteiger partial charge in [0.2, 0.25) is 0 Å². The minimum Gasteiger partial charge on any atom is -0.240 e. The molecular weight excluding hydrogens is 174 g/mol. The zero-order valence-electron chi connectivity index (χ0n) is 7.96. The maximum atomic E-state index is 4.23. The molecule has 0 N–H and O–H groups in total. The molecule has 0 aliphatic heterocycles. The van der Waals surface area contributed by atoms with Crippen LogP contribution in [0.25, 0.3) is 0 Å². The molecule has 0 radical (unpaired) electrons. The number of hydrogen-bond donors (Lipinski definition) is 0. The van der Waals surface area contributed by atoms with Gasteiger partial charge in [-0.3, -0.25) is 0 Å². The Balaban J connectivity index is 2.15. The summed E-state index contributed by atoms with van der Waals surface area (Å²) in [5, 5.41) is 4.23. The molecule has 0 unspecified atom stereocenters. The summed E-state index contributed by atoms with van der Waals surface area (Å²) in [5.74, 6) is 0. The molecule has 1 aromatic heterocycles. The Morgan fingerprint density at radius 2 is 2.07 bits per heavy atom. The fourth-order valence-electron chi connectivity index (χ4n) is 1.14. The number of benzene rings is 1. The van der Waals surface area contributed by atoms with Crippen LogP contribution in [-0.2, 0) is 0 Å². The lowest BCUT2D eigenvalue weighted by molar-refractivity contribution is 0.881. The topological polar surface area (TPSA) is 30.2 Å². The van der Waals surface area contributed by atoms with Crippen LogP contribution >= 0.6 is 0 Å². The van der Waals surface area contributed by atoms with E-state index in [4.69, 9.17) is 0 Å². The van der Waals surface area contributed by atoms with E-state index in [1.165, 1.54) is 0 Å². The van der Waals surface area contributed by atoms with Crippen LogP contribution in [0.1, 0.15) is 11.3 Å². The molecule has 0 aliphatic carbocycles. The van der Waals surface area contributed by atoms with Crippen molar-refractivity contribution in [3.8, 4) is 0 Å². The number of aryl methyl sites for hydroxylation is 1. The minimum absolute atomic E-state index is 0.968. The van der Waals surface area contributed by atoms with Gasteiger partial charge in [0.15, 0.2) is 0 Å². The summed E-state index contributed by atoms with van der Waals surface area (Å²) >= 11 is 0. The van der Waals surface area contributed by atoms with Crippen LogP contribution in [0, 0.1) is 6.92 Å². The monoisotopic (exact) mass is 185 g/mol. The van der Waals surface area contributed by atoms with Gasteiger partial charge in [0.1, 0.15) is 6.33 Å². The van der Waals surface area contributed by atoms with Gasteiger partial charge in [0, 0.05) is 0 Å². The lowest BCUT2D eigenvalue weighted by Crippen LogP contribution is -1.86. The van der Waals surface area contributed by atoms with Gasteiger partial charge in [-0.2, -0.15) is 5.10 Å². The summed E-state index contributed by atoms with van der Waals surface area (Å²) in [6, 6.07) is 9.97. The van der Waals surface area contributed by atoms with Crippen LogP contribution in [-0.4, -0.2) is 15.9 Å². The minimum atomic E-state index is 0.968. The maximum Gasteiger partial charge on any atom is 0.117 e. The Morgan fingerprint density at radius 3 is 2.71 bits per heavy atom. The normalized spacial score (nSPS) is 10.9. The van der Waals surface area contributed by atoms with Crippen molar-refractivity contribution in [1.29, 1.82) is 0 Å². The first-order valence-electron chi connectivity index (χ1n) is 4.44. The molecule has 0 saturated carbocycles.